The predicted molar refractivity (Wildman–Crippen MR) is 179 cm³/mol. The zero-order valence-corrected chi connectivity index (χ0v) is 26.4. The summed E-state index contributed by atoms with van der Waals surface area (Å²) in [5, 5.41) is 5.30. The first-order chi connectivity index (χ1) is 22.3. The Bertz CT molecular complexity index is 1720. The van der Waals surface area contributed by atoms with Gasteiger partial charge in [-0.05, 0) is 110 Å². The van der Waals surface area contributed by atoms with Crippen LogP contribution in [-0.4, -0.2) is 40.4 Å². The Balaban J connectivity index is 1.15. The number of halogens is 4. The van der Waals surface area contributed by atoms with Crippen LogP contribution in [0.15, 0.2) is 97.3 Å². The van der Waals surface area contributed by atoms with E-state index < -0.39 is 6.36 Å². The molecule has 1 N–H and O–H groups in total. The quantitative estimate of drug-likeness (QED) is 0.137. The third-order valence-electron chi connectivity index (χ3n) is 8.72. The Labute approximate surface area is 273 Å². The van der Waals surface area contributed by atoms with Crippen molar-refractivity contribution in [1.29, 1.82) is 0 Å². The standard InChI is InChI=1S/C37H38ClF3N4O/c38-34-8-2-1-7-30(34)25-44-21-16-27(17-22-44)23-28-10-15-35-32(24-28)33(29-11-13-31(14-12-29)46-37(39,40)41)26-45(35)20-6-5-19-43-36-9-3-4-18-42-36/h1-4,7-15,18,24,26-27H,5-6,16-17,19-23,25H2,(H,42,43). The van der Waals surface area contributed by atoms with Crippen LogP contribution in [0.2, 0.25) is 5.02 Å². The molecule has 1 fully saturated rings. The van der Waals surface area contributed by atoms with Gasteiger partial charge in [0.05, 0.1) is 0 Å². The molecule has 0 spiro atoms. The number of unbranched alkanes of at least 4 members (excludes halogenated alkanes) is 1. The molecule has 0 amide bonds. The van der Waals surface area contributed by atoms with Crippen molar-refractivity contribution in [3.05, 3.63) is 113 Å². The first-order valence-corrected chi connectivity index (χ1v) is 16.3. The molecule has 2 aromatic heterocycles. The number of aryl methyl sites for hydroxylation is 1. The van der Waals surface area contributed by atoms with Crippen LogP contribution >= 0.6 is 11.6 Å². The Morgan fingerprint density at radius 2 is 1.70 bits per heavy atom. The van der Waals surface area contributed by atoms with E-state index in [1.54, 1.807) is 18.3 Å². The van der Waals surface area contributed by atoms with Crippen molar-refractivity contribution in [2.45, 2.75) is 51.6 Å². The van der Waals surface area contributed by atoms with Crippen molar-refractivity contribution < 1.29 is 17.9 Å². The third-order valence-corrected chi connectivity index (χ3v) is 9.09. The number of anilines is 1. The lowest BCUT2D eigenvalue weighted by molar-refractivity contribution is -0.274. The van der Waals surface area contributed by atoms with E-state index in [9.17, 15) is 13.2 Å². The van der Waals surface area contributed by atoms with E-state index in [2.05, 4.69) is 55.0 Å². The molecule has 6 rings (SSSR count). The van der Waals surface area contributed by atoms with E-state index in [1.807, 2.05) is 36.4 Å². The third kappa shape index (κ3) is 8.42. The molecular formula is C37H38ClF3N4O. The van der Waals surface area contributed by atoms with Gasteiger partial charge in [-0.15, -0.1) is 13.2 Å². The van der Waals surface area contributed by atoms with Gasteiger partial charge in [-0.2, -0.15) is 0 Å². The molecule has 9 heteroatoms. The van der Waals surface area contributed by atoms with Crippen LogP contribution in [0.4, 0.5) is 19.0 Å². The lowest BCUT2D eigenvalue weighted by Gasteiger charge is -2.32. The minimum atomic E-state index is -4.72. The van der Waals surface area contributed by atoms with Gasteiger partial charge >= 0.3 is 6.36 Å². The highest BCUT2D eigenvalue weighted by atomic mass is 35.5. The fourth-order valence-corrected chi connectivity index (χ4v) is 6.56. The molecule has 0 aliphatic carbocycles. The topological polar surface area (TPSA) is 42.3 Å². The summed E-state index contributed by atoms with van der Waals surface area (Å²) in [5.41, 5.74) is 5.46. The number of hydrogen-bond donors (Lipinski definition) is 1. The highest BCUT2D eigenvalue weighted by molar-refractivity contribution is 6.31. The first kappa shape index (κ1) is 32.0. The smallest absolute Gasteiger partial charge is 0.406 e. The van der Waals surface area contributed by atoms with Crippen molar-refractivity contribution in [3.63, 3.8) is 0 Å². The monoisotopic (exact) mass is 646 g/mol. The van der Waals surface area contributed by atoms with Gasteiger partial charge in [0, 0.05) is 53.5 Å². The van der Waals surface area contributed by atoms with Gasteiger partial charge in [0.2, 0.25) is 0 Å². The molecule has 5 nitrogen and oxygen atoms in total. The predicted octanol–water partition coefficient (Wildman–Crippen LogP) is 9.60. The molecule has 1 saturated heterocycles. The van der Waals surface area contributed by atoms with Crippen LogP contribution in [0, 0.1) is 5.92 Å². The largest absolute Gasteiger partial charge is 0.573 e. The number of fused-ring (bicyclic) bond motifs is 1. The maximum atomic E-state index is 12.8. The van der Waals surface area contributed by atoms with E-state index in [4.69, 9.17) is 11.6 Å². The van der Waals surface area contributed by atoms with Crippen LogP contribution in [0.5, 0.6) is 5.75 Å². The molecule has 0 radical (unpaired) electrons. The summed E-state index contributed by atoms with van der Waals surface area (Å²) >= 11 is 6.40. The average Bonchev–Trinajstić information content (AvgIpc) is 3.40. The molecule has 1 aliphatic heterocycles. The lowest BCUT2D eigenvalue weighted by Crippen LogP contribution is -2.33. The normalized spacial score (nSPS) is 14.5. The van der Waals surface area contributed by atoms with Crippen LogP contribution in [0.25, 0.3) is 22.0 Å². The number of likely N-dealkylation sites (tertiary alicyclic amines) is 1. The minimum Gasteiger partial charge on any atom is -0.406 e. The first-order valence-electron chi connectivity index (χ1n) is 15.9. The Morgan fingerprint density at radius 1 is 0.913 bits per heavy atom. The summed E-state index contributed by atoms with van der Waals surface area (Å²) in [4.78, 5) is 6.80. The molecule has 0 unspecified atom stereocenters. The molecule has 3 heterocycles. The van der Waals surface area contributed by atoms with Crippen LogP contribution in [0.3, 0.4) is 0 Å². The van der Waals surface area contributed by atoms with Gasteiger partial charge < -0.3 is 14.6 Å². The zero-order valence-electron chi connectivity index (χ0n) is 25.6. The number of hydrogen-bond acceptors (Lipinski definition) is 4. The van der Waals surface area contributed by atoms with Gasteiger partial charge in [0.25, 0.3) is 0 Å². The van der Waals surface area contributed by atoms with E-state index in [1.165, 1.54) is 23.3 Å². The summed E-state index contributed by atoms with van der Waals surface area (Å²) in [6, 6.07) is 26.8. The second-order valence-electron chi connectivity index (χ2n) is 12.0. The second-order valence-corrected chi connectivity index (χ2v) is 12.4. The number of alkyl halides is 3. The van der Waals surface area contributed by atoms with Gasteiger partial charge in [-0.25, -0.2) is 4.98 Å². The zero-order chi connectivity index (χ0) is 31.9. The minimum absolute atomic E-state index is 0.220. The van der Waals surface area contributed by atoms with Crippen LogP contribution in [0.1, 0.15) is 36.8 Å². The van der Waals surface area contributed by atoms with Gasteiger partial charge in [0.1, 0.15) is 11.6 Å². The highest BCUT2D eigenvalue weighted by Gasteiger charge is 2.31. The van der Waals surface area contributed by atoms with E-state index >= 15 is 0 Å². The number of benzene rings is 3. The van der Waals surface area contributed by atoms with Crippen molar-refractivity contribution in [3.8, 4) is 16.9 Å². The van der Waals surface area contributed by atoms with Crippen molar-refractivity contribution in [1.82, 2.24) is 14.5 Å². The Hall–Kier alpha value is -4.01. The van der Waals surface area contributed by atoms with Crippen molar-refractivity contribution in [2.24, 2.45) is 5.92 Å². The van der Waals surface area contributed by atoms with Gasteiger partial charge in [-0.3, -0.25) is 4.90 Å². The summed E-state index contributed by atoms with van der Waals surface area (Å²) in [6.45, 7) is 4.62. The second kappa shape index (κ2) is 14.6. The lowest BCUT2D eigenvalue weighted by atomic mass is 9.89. The van der Waals surface area contributed by atoms with Crippen molar-refractivity contribution in [2.75, 3.05) is 25.0 Å². The maximum Gasteiger partial charge on any atom is 0.573 e. The summed E-state index contributed by atoms with van der Waals surface area (Å²) < 4.78 is 44.7. The SMILES string of the molecule is FC(F)(F)Oc1ccc(-c2cn(CCCCNc3ccccn3)c3ccc(CC4CCN(Cc5ccccc5Cl)CC4)cc23)cc1. The molecular weight excluding hydrogens is 609 g/mol. The summed E-state index contributed by atoms with van der Waals surface area (Å²) in [7, 11) is 0. The molecule has 3 aromatic carbocycles. The fraction of sp³-hybridized carbons (Fsp3) is 0.324. The highest BCUT2D eigenvalue weighted by Crippen LogP contribution is 2.35. The number of ether oxygens (including phenoxy) is 1. The number of aromatic nitrogens is 2. The number of piperidine rings is 1. The number of nitrogens with one attached hydrogen (secondary N) is 1. The van der Waals surface area contributed by atoms with Crippen molar-refractivity contribution >= 4 is 28.3 Å². The van der Waals surface area contributed by atoms with E-state index in [0.717, 1.165) is 97.7 Å². The Morgan fingerprint density at radius 3 is 2.43 bits per heavy atom. The molecule has 46 heavy (non-hydrogen) atoms. The number of pyridine rings is 1. The van der Waals surface area contributed by atoms with Gasteiger partial charge in [0.15, 0.2) is 0 Å². The average molecular weight is 647 g/mol. The summed E-state index contributed by atoms with van der Waals surface area (Å²) in [5.74, 6) is 1.24. The fourth-order valence-electron chi connectivity index (χ4n) is 6.36. The molecule has 240 valence electrons. The van der Waals surface area contributed by atoms with Gasteiger partial charge in [-0.1, -0.05) is 54.1 Å². The van der Waals surface area contributed by atoms with Crippen LogP contribution < -0.4 is 10.1 Å². The van der Waals surface area contributed by atoms with E-state index in [-0.39, 0.29) is 5.75 Å². The molecule has 0 saturated carbocycles. The molecule has 5 aromatic rings. The van der Waals surface area contributed by atoms with Crippen LogP contribution in [-0.2, 0) is 19.5 Å². The number of rotatable bonds is 12. The molecule has 0 atom stereocenters. The Kier molecular flexibility index (Phi) is 10.1. The van der Waals surface area contributed by atoms with E-state index in [0.29, 0.717) is 5.92 Å². The maximum absolute atomic E-state index is 12.8. The molecule has 0 bridgehead atoms. The number of nitrogens with zero attached hydrogens (tertiary/aromatic N) is 3. The molecule has 1 aliphatic rings. The summed E-state index contributed by atoms with van der Waals surface area (Å²) in [6.07, 6.45) is 4.39.